The average molecular weight is 340 g/mol. The molecule has 0 heterocycles. The first-order chi connectivity index (χ1) is 11.3. The number of halogens is 4. The van der Waals surface area contributed by atoms with Gasteiger partial charge in [-0.3, -0.25) is 0 Å². The summed E-state index contributed by atoms with van der Waals surface area (Å²) in [7, 11) is 0. The van der Waals surface area contributed by atoms with Crippen molar-refractivity contribution in [2.24, 2.45) is 0 Å². The lowest BCUT2D eigenvalue weighted by Gasteiger charge is -2.09. The molecule has 0 atom stereocenters. The summed E-state index contributed by atoms with van der Waals surface area (Å²) in [6, 6.07) is 10.2. The third kappa shape index (κ3) is 5.57. The van der Waals surface area contributed by atoms with E-state index in [1.807, 2.05) is 0 Å². The van der Waals surface area contributed by atoms with Crippen LogP contribution in [0.3, 0.4) is 0 Å². The Morgan fingerprint density at radius 2 is 1.67 bits per heavy atom. The molecule has 2 aromatic carbocycles. The molecule has 0 aliphatic carbocycles. The summed E-state index contributed by atoms with van der Waals surface area (Å²) in [6.45, 7) is 0.437. The Morgan fingerprint density at radius 1 is 0.958 bits per heavy atom. The van der Waals surface area contributed by atoms with Crippen molar-refractivity contribution >= 4 is 6.03 Å². The maximum absolute atomic E-state index is 13.0. The van der Waals surface area contributed by atoms with Crippen molar-refractivity contribution in [3.05, 3.63) is 71.0 Å². The van der Waals surface area contributed by atoms with Crippen LogP contribution in [0.5, 0.6) is 0 Å². The van der Waals surface area contributed by atoms with E-state index in [1.165, 1.54) is 24.3 Å². The zero-order valence-electron chi connectivity index (χ0n) is 12.7. The van der Waals surface area contributed by atoms with Gasteiger partial charge in [-0.15, -0.1) is 0 Å². The molecule has 128 valence electrons. The first-order valence-electron chi connectivity index (χ1n) is 7.27. The lowest BCUT2D eigenvalue weighted by molar-refractivity contribution is -0.137. The Bertz CT molecular complexity index is 684. The number of nitrogens with one attached hydrogen (secondary N) is 2. The lowest BCUT2D eigenvalue weighted by atomic mass is 10.1. The van der Waals surface area contributed by atoms with Crippen LogP contribution in [-0.4, -0.2) is 12.6 Å². The van der Waals surface area contributed by atoms with Crippen molar-refractivity contribution in [1.29, 1.82) is 0 Å². The number of amides is 2. The average Bonchev–Trinajstić information content (AvgIpc) is 2.52. The fourth-order valence-corrected chi connectivity index (χ4v) is 2.07. The maximum Gasteiger partial charge on any atom is 0.416 e. The summed E-state index contributed by atoms with van der Waals surface area (Å²) in [4.78, 5) is 11.6. The van der Waals surface area contributed by atoms with E-state index in [2.05, 4.69) is 10.6 Å². The number of urea groups is 1. The van der Waals surface area contributed by atoms with Gasteiger partial charge in [-0.1, -0.05) is 24.3 Å². The smallest absolute Gasteiger partial charge is 0.338 e. The summed E-state index contributed by atoms with van der Waals surface area (Å²) in [5, 5.41) is 5.15. The van der Waals surface area contributed by atoms with E-state index in [0.29, 0.717) is 18.5 Å². The fraction of sp³-hybridized carbons (Fsp3) is 0.235. The second-order valence-electron chi connectivity index (χ2n) is 5.18. The Balaban J connectivity index is 1.73. The molecule has 0 unspecified atom stereocenters. The number of carbonyl (C=O) groups is 1. The molecule has 7 heteroatoms. The highest BCUT2D eigenvalue weighted by molar-refractivity contribution is 5.73. The molecule has 2 rings (SSSR count). The number of hydrogen-bond acceptors (Lipinski definition) is 1. The molecule has 24 heavy (non-hydrogen) atoms. The van der Waals surface area contributed by atoms with Gasteiger partial charge in [0.25, 0.3) is 0 Å². The van der Waals surface area contributed by atoms with Gasteiger partial charge in [0.15, 0.2) is 0 Å². The van der Waals surface area contributed by atoms with E-state index >= 15 is 0 Å². The Morgan fingerprint density at radius 3 is 2.29 bits per heavy atom. The van der Waals surface area contributed by atoms with E-state index < -0.39 is 17.8 Å². The molecule has 0 spiro atoms. The van der Waals surface area contributed by atoms with E-state index in [-0.39, 0.29) is 12.4 Å². The Hall–Kier alpha value is -2.57. The van der Waals surface area contributed by atoms with Crippen molar-refractivity contribution in [3.8, 4) is 0 Å². The van der Waals surface area contributed by atoms with Gasteiger partial charge in [0.05, 0.1) is 5.56 Å². The molecule has 0 saturated carbocycles. The zero-order chi connectivity index (χ0) is 17.6. The van der Waals surface area contributed by atoms with Crippen LogP contribution in [-0.2, 0) is 19.1 Å². The molecule has 3 nitrogen and oxygen atoms in total. The van der Waals surface area contributed by atoms with Crippen LogP contribution >= 0.6 is 0 Å². The van der Waals surface area contributed by atoms with E-state index in [1.54, 1.807) is 12.1 Å². The molecule has 0 saturated heterocycles. The summed E-state index contributed by atoms with van der Waals surface area (Å²) in [5.74, 6) is -0.334. The van der Waals surface area contributed by atoms with Gasteiger partial charge >= 0.3 is 12.2 Å². The molecule has 0 bridgehead atoms. The number of benzene rings is 2. The van der Waals surface area contributed by atoms with E-state index in [4.69, 9.17) is 0 Å². The number of hydrogen-bond donors (Lipinski definition) is 2. The van der Waals surface area contributed by atoms with Gasteiger partial charge in [-0.2, -0.15) is 13.2 Å². The standard InChI is InChI=1S/C17H16F4N2O/c18-15-3-1-2-12(10-15)8-9-22-16(24)23-11-13-4-6-14(7-5-13)17(19,20)21/h1-7,10H,8-9,11H2,(H2,22,23,24). The van der Waals surface area contributed by atoms with Gasteiger partial charge in [0.1, 0.15) is 5.82 Å². The largest absolute Gasteiger partial charge is 0.416 e. The lowest BCUT2D eigenvalue weighted by Crippen LogP contribution is -2.36. The van der Waals surface area contributed by atoms with E-state index in [0.717, 1.165) is 17.7 Å². The maximum atomic E-state index is 13.0. The van der Waals surface area contributed by atoms with E-state index in [9.17, 15) is 22.4 Å². The molecular formula is C17H16F4N2O. The van der Waals surface area contributed by atoms with Crippen LogP contribution in [0.4, 0.5) is 22.4 Å². The number of carbonyl (C=O) groups excluding carboxylic acids is 1. The third-order valence-electron chi connectivity index (χ3n) is 3.32. The first-order valence-corrected chi connectivity index (χ1v) is 7.27. The topological polar surface area (TPSA) is 41.1 Å². The predicted molar refractivity (Wildman–Crippen MR) is 81.8 cm³/mol. The second kappa shape index (κ2) is 7.81. The van der Waals surface area contributed by atoms with Gasteiger partial charge in [0.2, 0.25) is 0 Å². The zero-order valence-corrected chi connectivity index (χ0v) is 12.7. The van der Waals surface area contributed by atoms with Crippen LogP contribution in [0.2, 0.25) is 0 Å². The van der Waals surface area contributed by atoms with Crippen molar-refractivity contribution in [2.45, 2.75) is 19.1 Å². The molecule has 0 radical (unpaired) electrons. The predicted octanol–water partition coefficient (Wildman–Crippen LogP) is 3.89. The second-order valence-corrected chi connectivity index (χ2v) is 5.18. The molecule has 2 N–H and O–H groups in total. The van der Waals surface area contributed by atoms with Crippen LogP contribution in [0, 0.1) is 5.82 Å². The highest BCUT2D eigenvalue weighted by atomic mass is 19.4. The Kier molecular flexibility index (Phi) is 5.78. The minimum absolute atomic E-state index is 0.115. The van der Waals surface area contributed by atoms with Crippen LogP contribution in [0.1, 0.15) is 16.7 Å². The monoisotopic (exact) mass is 340 g/mol. The fourth-order valence-electron chi connectivity index (χ4n) is 2.07. The minimum atomic E-state index is -4.37. The SMILES string of the molecule is O=C(NCCc1cccc(F)c1)NCc1ccc(C(F)(F)F)cc1. The van der Waals surface area contributed by atoms with Crippen LogP contribution < -0.4 is 10.6 Å². The first kappa shape index (κ1) is 17.8. The van der Waals surface area contributed by atoms with Crippen molar-refractivity contribution in [1.82, 2.24) is 10.6 Å². The summed E-state index contributed by atoms with van der Waals surface area (Å²) in [6.07, 6.45) is -3.90. The normalized spacial score (nSPS) is 11.2. The van der Waals surface area contributed by atoms with Crippen molar-refractivity contribution in [2.75, 3.05) is 6.54 Å². The third-order valence-corrected chi connectivity index (χ3v) is 3.32. The number of alkyl halides is 3. The van der Waals surface area contributed by atoms with Crippen LogP contribution in [0.25, 0.3) is 0 Å². The van der Waals surface area contributed by atoms with Crippen molar-refractivity contribution in [3.63, 3.8) is 0 Å². The molecule has 0 aliphatic heterocycles. The van der Waals surface area contributed by atoms with Crippen molar-refractivity contribution < 1.29 is 22.4 Å². The molecular weight excluding hydrogens is 324 g/mol. The molecule has 0 aliphatic rings. The minimum Gasteiger partial charge on any atom is -0.338 e. The Labute approximate surface area is 136 Å². The van der Waals surface area contributed by atoms with Gasteiger partial charge in [-0.05, 0) is 41.8 Å². The quantitative estimate of drug-likeness (QED) is 0.797. The molecule has 0 aromatic heterocycles. The van der Waals surface area contributed by atoms with Gasteiger partial charge in [-0.25, -0.2) is 9.18 Å². The summed E-state index contributed by atoms with van der Waals surface area (Å²) < 4.78 is 50.3. The molecule has 0 fully saturated rings. The summed E-state index contributed by atoms with van der Waals surface area (Å²) in [5.41, 5.74) is 0.590. The highest BCUT2D eigenvalue weighted by Crippen LogP contribution is 2.28. The van der Waals surface area contributed by atoms with Crippen LogP contribution in [0.15, 0.2) is 48.5 Å². The number of rotatable bonds is 5. The van der Waals surface area contributed by atoms with Gasteiger partial charge in [0, 0.05) is 13.1 Å². The molecule has 2 amide bonds. The highest BCUT2D eigenvalue weighted by Gasteiger charge is 2.29. The summed E-state index contributed by atoms with van der Waals surface area (Å²) >= 11 is 0. The van der Waals surface area contributed by atoms with Gasteiger partial charge < -0.3 is 10.6 Å². The molecule has 2 aromatic rings.